The second-order valence-corrected chi connectivity index (χ2v) is 5.23. The van der Waals surface area contributed by atoms with Crippen molar-refractivity contribution in [2.24, 2.45) is 0 Å². The first-order valence-electron chi connectivity index (χ1n) is 6.74. The van der Waals surface area contributed by atoms with Gasteiger partial charge in [0.15, 0.2) is 0 Å². The average Bonchev–Trinajstić information content (AvgIpc) is 3.23. The SMILES string of the molecule is Cc1cc(C(=O)O)cc(-c2ccc(OC3CC3)cc2)c1. The number of hydrogen-bond acceptors (Lipinski definition) is 2. The van der Waals surface area contributed by atoms with Crippen LogP contribution in [0.3, 0.4) is 0 Å². The van der Waals surface area contributed by atoms with E-state index in [9.17, 15) is 4.79 Å². The standard InChI is InChI=1S/C17H16O3/c1-11-8-13(10-14(9-11)17(18)19)12-2-4-15(5-3-12)20-16-6-7-16/h2-5,8-10,16H,6-7H2,1H3,(H,18,19). The molecule has 0 amide bonds. The second kappa shape index (κ2) is 5.00. The average molecular weight is 268 g/mol. The molecule has 0 unspecified atom stereocenters. The van der Waals surface area contributed by atoms with Gasteiger partial charge in [-0.25, -0.2) is 4.79 Å². The van der Waals surface area contributed by atoms with Gasteiger partial charge in [0.05, 0.1) is 11.7 Å². The van der Waals surface area contributed by atoms with Gasteiger partial charge >= 0.3 is 5.97 Å². The lowest BCUT2D eigenvalue weighted by Gasteiger charge is -2.08. The maximum absolute atomic E-state index is 11.1. The Morgan fingerprint density at radius 2 is 1.80 bits per heavy atom. The Morgan fingerprint density at radius 3 is 2.40 bits per heavy atom. The van der Waals surface area contributed by atoms with E-state index in [1.807, 2.05) is 37.3 Å². The number of hydrogen-bond donors (Lipinski definition) is 1. The van der Waals surface area contributed by atoms with Crippen LogP contribution in [0.1, 0.15) is 28.8 Å². The van der Waals surface area contributed by atoms with Crippen LogP contribution in [0.2, 0.25) is 0 Å². The molecule has 0 bridgehead atoms. The minimum atomic E-state index is -0.899. The summed E-state index contributed by atoms with van der Waals surface area (Å²) in [7, 11) is 0. The summed E-state index contributed by atoms with van der Waals surface area (Å²) in [5.41, 5.74) is 3.18. The van der Waals surface area contributed by atoms with Crippen molar-refractivity contribution < 1.29 is 14.6 Å². The second-order valence-electron chi connectivity index (χ2n) is 5.23. The summed E-state index contributed by atoms with van der Waals surface area (Å²) >= 11 is 0. The number of rotatable bonds is 4. The van der Waals surface area contributed by atoms with Crippen LogP contribution >= 0.6 is 0 Å². The maximum Gasteiger partial charge on any atom is 0.335 e. The molecular weight excluding hydrogens is 252 g/mol. The van der Waals surface area contributed by atoms with Gasteiger partial charge < -0.3 is 9.84 Å². The molecule has 1 fully saturated rings. The largest absolute Gasteiger partial charge is 0.490 e. The molecule has 1 aliphatic rings. The fourth-order valence-corrected chi connectivity index (χ4v) is 2.18. The molecule has 0 aliphatic heterocycles. The maximum atomic E-state index is 11.1. The zero-order chi connectivity index (χ0) is 14.1. The van der Waals surface area contributed by atoms with Crippen molar-refractivity contribution in [3.8, 4) is 16.9 Å². The number of aromatic carboxylic acids is 1. The first-order chi connectivity index (χ1) is 9.61. The molecule has 102 valence electrons. The Kier molecular flexibility index (Phi) is 3.18. The Morgan fingerprint density at radius 1 is 1.10 bits per heavy atom. The van der Waals surface area contributed by atoms with Gasteiger partial charge in [-0.2, -0.15) is 0 Å². The molecule has 0 radical (unpaired) electrons. The van der Waals surface area contributed by atoms with Crippen LogP contribution in [-0.4, -0.2) is 17.2 Å². The predicted octanol–water partition coefficient (Wildman–Crippen LogP) is 3.90. The van der Waals surface area contributed by atoms with Crippen molar-refractivity contribution in [1.29, 1.82) is 0 Å². The molecule has 3 nitrogen and oxygen atoms in total. The third-order valence-corrected chi connectivity index (χ3v) is 3.34. The van der Waals surface area contributed by atoms with Crippen LogP contribution in [0.5, 0.6) is 5.75 Å². The summed E-state index contributed by atoms with van der Waals surface area (Å²) in [6, 6.07) is 13.2. The van der Waals surface area contributed by atoms with E-state index in [2.05, 4.69) is 0 Å². The summed E-state index contributed by atoms with van der Waals surface area (Å²) in [5.74, 6) is -0.0222. The zero-order valence-electron chi connectivity index (χ0n) is 11.3. The Bertz CT molecular complexity index is 640. The van der Waals surface area contributed by atoms with E-state index in [1.54, 1.807) is 12.1 Å². The molecule has 0 atom stereocenters. The van der Waals surface area contributed by atoms with E-state index in [0.29, 0.717) is 11.7 Å². The third kappa shape index (κ3) is 2.82. The molecule has 20 heavy (non-hydrogen) atoms. The van der Waals surface area contributed by atoms with Crippen LogP contribution in [0.15, 0.2) is 42.5 Å². The summed E-state index contributed by atoms with van der Waals surface area (Å²) in [5, 5.41) is 9.11. The lowest BCUT2D eigenvalue weighted by Crippen LogP contribution is -1.97. The molecule has 2 aromatic carbocycles. The summed E-state index contributed by atoms with van der Waals surface area (Å²) in [6.07, 6.45) is 2.67. The molecule has 3 heteroatoms. The van der Waals surface area contributed by atoms with Gasteiger partial charge in [0.1, 0.15) is 5.75 Å². The third-order valence-electron chi connectivity index (χ3n) is 3.34. The zero-order valence-corrected chi connectivity index (χ0v) is 11.3. The molecule has 2 aromatic rings. The van der Waals surface area contributed by atoms with Crippen LogP contribution in [-0.2, 0) is 0 Å². The quantitative estimate of drug-likeness (QED) is 0.914. The number of ether oxygens (including phenoxy) is 1. The number of carbonyl (C=O) groups is 1. The molecule has 0 heterocycles. The highest BCUT2D eigenvalue weighted by Gasteiger charge is 2.23. The number of benzene rings is 2. The molecule has 0 saturated heterocycles. The Labute approximate surface area is 117 Å². The number of carboxylic acid groups (broad SMARTS) is 1. The highest BCUT2D eigenvalue weighted by Crippen LogP contribution is 2.29. The molecule has 1 aliphatic carbocycles. The van der Waals surface area contributed by atoms with Gasteiger partial charge in [0, 0.05) is 0 Å². The molecule has 0 spiro atoms. The molecule has 3 rings (SSSR count). The lowest BCUT2D eigenvalue weighted by atomic mass is 10.0. The number of aryl methyl sites for hydroxylation is 1. The van der Waals surface area contributed by atoms with E-state index < -0.39 is 5.97 Å². The van der Waals surface area contributed by atoms with Crippen molar-refractivity contribution >= 4 is 5.97 Å². The van der Waals surface area contributed by atoms with Crippen molar-refractivity contribution in [2.75, 3.05) is 0 Å². The molecule has 1 N–H and O–H groups in total. The lowest BCUT2D eigenvalue weighted by molar-refractivity contribution is 0.0697. The van der Waals surface area contributed by atoms with Crippen LogP contribution in [0, 0.1) is 6.92 Å². The van der Waals surface area contributed by atoms with Gasteiger partial charge in [0.25, 0.3) is 0 Å². The van der Waals surface area contributed by atoms with Crippen molar-refractivity contribution in [3.05, 3.63) is 53.6 Å². The van der Waals surface area contributed by atoms with Crippen LogP contribution in [0.25, 0.3) is 11.1 Å². The van der Waals surface area contributed by atoms with Gasteiger partial charge in [-0.05, 0) is 60.7 Å². The monoisotopic (exact) mass is 268 g/mol. The topological polar surface area (TPSA) is 46.5 Å². The first-order valence-corrected chi connectivity index (χ1v) is 6.74. The van der Waals surface area contributed by atoms with E-state index >= 15 is 0 Å². The summed E-state index contributed by atoms with van der Waals surface area (Å²) in [4.78, 5) is 11.1. The first kappa shape index (κ1) is 12.7. The van der Waals surface area contributed by atoms with E-state index in [1.165, 1.54) is 0 Å². The molecular formula is C17H16O3. The van der Waals surface area contributed by atoms with Gasteiger partial charge in [0.2, 0.25) is 0 Å². The van der Waals surface area contributed by atoms with Gasteiger partial charge in [-0.3, -0.25) is 0 Å². The smallest absolute Gasteiger partial charge is 0.335 e. The van der Waals surface area contributed by atoms with Crippen LogP contribution in [0.4, 0.5) is 0 Å². The van der Waals surface area contributed by atoms with E-state index in [-0.39, 0.29) is 0 Å². The van der Waals surface area contributed by atoms with Crippen molar-refractivity contribution in [2.45, 2.75) is 25.9 Å². The highest BCUT2D eigenvalue weighted by molar-refractivity contribution is 5.89. The van der Waals surface area contributed by atoms with E-state index in [4.69, 9.17) is 9.84 Å². The molecule has 0 aromatic heterocycles. The van der Waals surface area contributed by atoms with Crippen molar-refractivity contribution in [3.63, 3.8) is 0 Å². The van der Waals surface area contributed by atoms with E-state index in [0.717, 1.165) is 35.3 Å². The van der Waals surface area contributed by atoms with Gasteiger partial charge in [-0.1, -0.05) is 18.2 Å². The summed E-state index contributed by atoms with van der Waals surface area (Å²) in [6.45, 7) is 1.90. The van der Waals surface area contributed by atoms with Gasteiger partial charge in [-0.15, -0.1) is 0 Å². The minimum Gasteiger partial charge on any atom is -0.490 e. The Hall–Kier alpha value is -2.29. The fourth-order valence-electron chi connectivity index (χ4n) is 2.18. The van der Waals surface area contributed by atoms with Crippen LogP contribution < -0.4 is 4.74 Å². The highest BCUT2D eigenvalue weighted by atomic mass is 16.5. The number of carboxylic acids is 1. The normalized spacial score (nSPS) is 14.1. The van der Waals surface area contributed by atoms with Crippen molar-refractivity contribution in [1.82, 2.24) is 0 Å². The minimum absolute atomic E-state index is 0.318. The molecule has 1 saturated carbocycles. The summed E-state index contributed by atoms with van der Waals surface area (Å²) < 4.78 is 5.71. The predicted molar refractivity (Wildman–Crippen MR) is 77.2 cm³/mol. The fraction of sp³-hybridized carbons (Fsp3) is 0.235. The Balaban J connectivity index is 1.89.